The van der Waals surface area contributed by atoms with Crippen LogP contribution in [0.3, 0.4) is 0 Å². The van der Waals surface area contributed by atoms with Crippen LogP contribution in [0.15, 0.2) is 79.3 Å². The highest BCUT2D eigenvalue weighted by Crippen LogP contribution is 2.23. The maximum absolute atomic E-state index is 13.5. The van der Waals surface area contributed by atoms with Crippen LogP contribution in [0, 0.1) is 12.7 Å². The lowest BCUT2D eigenvalue weighted by Crippen LogP contribution is -2.23. The summed E-state index contributed by atoms with van der Waals surface area (Å²) in [5.41, 5.74) is 4.34. The fraction of sp³-hybridized carbons (Fsp3) is 0.0870. The molecule has 0 aliphatic carbocycles. The minimum absolute atomic E-state index is 0.263. The molecule has 0 saturated heterocycles. The van der Waals surface area contributed by atoms with Gasteiger partial charge in [-0.25, -0.2) is 9.07 Å². The molecule has 6 heteroatoms. The molecule has 0 bridgehead atoms. The summed E-state index contributed by atoms with van der Waals surface area (Å²) < 4.78 is 15.3. The van der Waals surface area contributed by atoms with Crippen LogP contribution in [0.4, 0.5) is 4.39 Å². The first-order chi connectivity index (χ1) is 14.1. The standard InChI is InChI=1S/C23H19FN4O/c1-16-13-18(7-8-21(16)24)23(29)26-14-19-15-28(20-5-3-2-4-6-20)27-22(19)17-9-11-25-12-10-17/h2-13,15H,14H2,1H3,(H,26,29). The number of hydrogen-bond acceptors (Lipinski definition) is 3. The van der Waals surface area contributed by atoms with Crippen molar-refractivity contribution < 1.29 is 9.18 Å². The molecule has 2 aromatic heterocycles. The first-order valence-corrected chi connectivity index (χ1v) is 9.20. The van der Waals surface area contributed by atoms with Gasteiger partial charge in [0.1, 0.15) is 5.82 Å². The third-order valence-electron chi connectivity index (χ3n) is 4.62. The van der Waals surface area contributed by atoms with E-state index in [-0.39, 0.29) is 11.7 Å². The predicted octanol–water partition coefficient (Wildman–Crippen LogP) is 4.31. The molecule has 2 aromatic carbocycles. The molecule has 4 aromatic rings. The number of rotatable bonds is 5. The fourth-order valence-electron chi connectivity index (χ4n) is 3.07. The molecule has 0 saturated carbocycles. The Bertz CT molecular complexity index is 1140. The zero-order valence-electron chi connectivity index (χ0n) is 15.8. The van der Waals surface area contributed by atoms with Crippen molar-refractivity contribution in [2.75, 3.05) is 0 Å². The topological polar surface area (TPSA) is 59.8 Å². The third kappa shape index (κ3) is 4.06. The zero-order valence-corrected chi connectivity index (χ0v) is 15.8. The molecule has 0 atom stereocenters. The first-order valence-electron chi connectivity index (χ1n) is 9.20. The van der Waals surface area contributed by atoms with Crippen LogP contribution in [0.1, 0.15) is 21.5 Å². The average Bonchev–Trinajstić information content (AvgIpc) is 3.19. The molecular weight excluding hydrogens is 367 g/mol. The van der Waals surface area contributed by atoms with E-state index in [1.807, 2.05) is 48.7 Å². The molecule has 2 heterocycles. The Morgan fingerprint density at radius 2 is 1.83 bits per heavy atom. The monoisotopic (exact) mass is 386 g/mol. The van der Waals surface area contributed by atoms with Crippen LogP contribution >= 0.6 is 0 Å². The Kier molecular flexibility index (Phi) is 5.16. The lowest BCUT2D eigenvalue weighted by Gasteiger charge is -2.07. The highest BCUT2D eigenvalue weighted by Gasteiger charge is 2.14. The van der Waals surface area contributed by atoms with Crippen molar-refractivity contribution in [1.29, 1.82) is 0 Å². The number of nitrogens with one attached hydrogen (secondary N) is 1. The third-order valence-corrected chi connectivity index (χ3v) is 4.62. The smallest absolute Gasteiger partial charge is 0.251 e. The summed E-state index contributed by atoms with van der Waals surface area (Å²) in [6.45, 7) is 1.93. The second-order valence-corrected chi connectivity index (χ2v) is 6.67. The van der Waals surface area contributed by atoms with Gasteiger partial charge in [0.15, 0.2) is 0 Å². The summed E-state index contributed by atoms with van der Waals surface area (Å²) in [6.07, 6.45) is 5.32. The molecule has 0 spiro atoms. The second kappa shape index (κ2) is 8.06. The quantitative estimate of drug-likeness (QED) is 0.556. The van der Waals surface area contributed by atoms with E-state index in [4.69, 9.17) is 5.10 Å². The Labute approximate surface area is 167 Å². The van der Waals surface area contributed by atoms with Crippen LogP contribution in [0.2, 0.25) is 0 Å². The zero-order chi connectivity index (χ0) is 20.2. The maximum atomic E-state index is 13.5. The molecule has 5 nitrogen and oxygen atoms in total. The van der Waals surface area contributed by atoms with E-state index in [0.717, 1.165) is 22.5 Å². The van der Waals surface area contributed by atoms with Crippen molar-refractivity contribution in [3.63, 3.8) is 0 Å². The van der Waals surface area contributed by atoms with E-state index in [0.29, 0.717) is 17.7 Å². The largest absolute Gasteiger partial charge is 0.348 e. The van der Waals surface area contributed by atoms with E-state index in [2.05, 4.69) is 10.3 Å². The average molecular weight is 386 g/mol. The van der Waals surface area contributed by atoms with Crippen LogP contribution in [-0.4, -0.2) is 20.7 Å². The number of carbonyl (C=O) groups excluding carboxylic acids is 1. The van der Waals surface area contributed by atoms with Gasteiger partial charge in [0.25, 0.3) is 5.91 Å². The Hall–Kier alpha value is -3.80. The summed E-state index contributed by atoms with van der Waals surface area (Å²) in [6, 6.07) is 17.9. The van der Waals surface area contributed by atoms with Gasteiger partial charge in [0.2, 0.25) is 0 Å². The lowest BCUT2D eigenvalue weighted by atomic mass is 10.1. The van der Waals surface area contributed by atoms with E-state index in [1.54, 1.807) is 30.1 Å². The number of aromatic nitrogens is 3. The van der Waals surface area contributed by atoms with Crippen molar-refractivity contribution in [2.24, 2.45) is 0 Å². The second-order valence-electron chi connectivity index (χ2n) is 6.67. The van der Waals surface area contributed by atoms with Gasteiger partial charge in [-0.15, -0.1) is 0 Å². The van der Waals surface area contributed by atoms with Gasteiger partial charge in [-0.05, 0) is 55.0 Å². The van der Waals surface area contributed by atoms with Crippen molar-refractivity contribution in [2.45, 2.75) is 13.5 Å². The summed E-state index contributed by atoms with van der Waals surface area (Å²) in [7, 11) is 0. The first kappa shape index (κ1) is 18.6. The van der Waals surface area contributed by atoms with E-state index in [1.165, 1.54) is 12.1 Å². The fourth-order valence-corrected chi connectivity index (χ4v) is 3.07. The van der Waals surface area contributed by atoms with Gasteiger partial charge in [-0.1, -0.05) is 18.2 Å². The van der Waals surface area contributed by atoms with Crippen molar-refractivity contribution in [3.8, 4) is 16.9 Å². The SMILES string of the molecule is Cc1cc(C(=O)NCc2cn(-c3ccccc3)nc2-c2ccncc2)ccc1F. The van der Waals surface area contributed by atoms with E-state index >= 15 is 0 Å². The van der Waals surface area contributed by atoms with Crippen LogP contribution < -0.4 is 5.32 Å². The predicted molar refractivity (Wildman–Crippen MR) is 109 cm³/mol. The molecule has 0 fully saturated rings. The molecule has 0 radical (unpaired) electrons. The minimum Gasteiger partial charge on any atom is -0.348 e. The Balaban J connectivity index is 1.62. The summed E-state index contributed by atoms with van der Waals surface area (Å²) in [4.78, 5) is 16.6. The molecular formula is C23H19FN4O. The lowest BCUT2D eigenvalue weighted by molar-refractivity contribution is 0.0951. The van der Waals surface area contributed by atoms with Gasteiger partial charge in [0.05, 0.1) is 11.4 Å². The minimum atomic E-state index is -0.328. The number of benzene rings is 2. The molecule has 4 rings (SSSR count). The van der Waals surface area contributed by atoms with Gasteiger partial charge in [0, 0.05) is 41.8 Å². The van der Waals surface area contributed by atoms with Gasteiger partial charge >= 0.3 is 0 Å². The summed E-state index contributed by atoms with van der Waals surface area (Å²) in [5, 5.41) is 7.62. The Morgan fingerprint density at radius 3 is 2.55 bits per heavy atom. The summed E-state index contributed by atoms with van der Waals surface area (Å²) >= 11 is 0. The number of aryl methyl sites for hydroxylation is 1. The van der Waals surface area contributed by atoms with Gasteiger partial charge in [-0.3, -0.25) is 9.78 Å². The highest BCUT2D eigenvalue weighted by atomic mass is 19.1. The van der Waals surface area contributed by atoms with Crippen LogP contribution in [0.25, 0.3) is 16.9 Å². The van der Waals surface area contributed by atoms with Gasteiger partial charge < -0.3 is 5.32 Å². The number of amides is 1. The molecule has 0 unspecified atom stereocenters. The number of nitrogens with zero attached hydrogens (tertiary/aromatic N) is 3. The molecule has 1 amide bonds. The van der Waals surface area contributed by atoms with Gasteiger partial charge in [-0.2, -0.15) is 5.10 Å². The van der Waals surface area contributed by atoms with Crippen molar-refractivity contribution in [1.82, 2.24) is 20.1 Å². The maximum Gasteiger partial charge on any atom is 0.251 e. The summed E-state index contributed by atoms with van der Waals surface area (Å²) in [5.74, 6) is -0.591. The van der Waals surface area contributed by atoms with E-state index < -0.39 is 0 Å². The highest BCUT2D eigenvalue weighted by molar-refractivity contribution is 5.94. The number of carbonyl (C=O) groups is 1. The number of para-hydroxylation sites is 1. The molecule has 0 aliphatic rings. The van der Waals surface area contributed by atoms with E-state index in [9.17, 15) is 9.18 Å². The molecule has 144 valence electrons. The number of pyridine rings is 1. The van der Waals surface area contributed by atoms with Crippen LogP contribution in [0.5, 0.6) is 0 Å². The van der Waals surface area contributed by atoms with Crippen molar-refractivity contribution >= 4 is 5.91 Å². The Morgan fingerprint density at radius 1 is 1.07 bits per heavy atom. The van der Waals surface area contributed by atoms with Crippen LogP contribution in [-0.2, 0) is 6.54 Å². The molecule has 29 heavy (non-hydrogen) atoms. The number of hydrogen-bond donors (Lipinski definition) is 1. The molecule has 0 aliphatic heterocycles. The number of halogens is 1. The normalized spacial score (nSPS) is 10.7. The van der Waals surface area contributed by atoms with Crippen molar-refractivity contribution in [3.05, 3.63) is 102 Å². The molecule has 1 N–H and O–H groups in total.